The van der Waals surface area contributed by atoms with Crippen LogP contribution in [0.1, 0.15) is 54.6 Å². The number of nitrogens with zero attached hydrogens (tertiary/aromatic N) is 2. The van der Waals surface area contributed by atoms with Crippen LogP contribution in [0.4, 0.5) is 13.2 Å². The number of alkyl halides is 3. The van der Waals surface area contributed by atoms with Crippen molar-refractivity contribution in [3.63, 3.8) is 0 Å². The number of rotatable bonds is 6. The molecule has 0 radical (unpaired) electrons. The minimum absolute atomic E-state index is 0.0748. The predicted molar refractivity (Wildman–Crippen MR) is 123 cm³/mol. The fourth-order valence-corrected chi connectivity index (χ4v) is 5.20. The smallest absolute Gasteiger partial charge is 0.417 e. The maximum absolute atomic E-state index is 13.8. The number of fused-ring (bicyclic) bond motifs is 2. The second kappa shape index (κ2) is 9.84. The third-order valence-corrected chi connectivity index (χ3v) is 7.16. The van der Waals surface area contributed by atoms with Gasteiger partial charge in [-0.05, 0) is 35.2 Å². The van der Waals surface area contributed by atoms with E-state index in [-0.39, 0.29) is 29.2 Å². The molecule has 1 N–H and O–H groups in total. The van der Waals surface area contributed by atoms with Gasteiger partial charge in [0, 0.05) is 51.3 Å². The molecular formula is C26H27F3N2O5. The molecule has 1 saturated heterocycles. The van der Waals surface area contributed by atoms with Crippen molar-refractivity contribution in [2.24, 2.45) is 0 Å². The van der Waals surface area contributed by atoms with Crippen LogP contribution in [0.15, 0.2) is 30.3 Å². The molecule has 0 aromatic heterocycles. The first-order valence-corrected chi connectivity index (χ1v) is 12.0. The third-order valence-electron chi connectivity index (χ3n) is 7.16. The summed E-state index contributed by atoms with van der Waals surface area (Å²) in [7, 11) is 0. The van der Waals surface area contributed by atoms with E-state index in [2.05, 4.69) is 11.0 Å². The Balaban J connectivity index is 1.17. The molecular weight excluding hydrogens is 477 g/mol. The molecule has 3 aliphatic heterocycles. The van der Waals surface area contributed by atoms with E-state index in [1.807, 2.05) is 17.0 Å². The summed E-state index contributed by atoms with van der Waals surface area (Å²) in [6.45, 7) is 3.61. The number of halogens is 3. The first-order valence-electron chi connectivity index (χ1n) is 12.0. The number of esters is 2. The van der Waals surface area contributed by atoms with Gasteiger partial charge in [-0.2, -0.15) is 13.2 Å². The molecule has 1 unspecified atom stereocenters. The number of β-amino-alcohol motifs (C(OH)–C–C–N with tert-alkyl or cyclic N) is 1. The molecule has 0 spiro atoms. The lowest BCUT2D eigenvalue weighted by atomic mass is 9.93. The van der Waals surface area contributed by atoms with Crippen LogP contribution in [-0.4, -0.2) is 72.7 Å². The fourth-order valence-electron chi connectivity index (χ4n) is 5.20. The topological polar surface area (TPSA) is 79.3 Å². The van der Waals surface area contributed by atoms with Crippen molar-refractivity contribution in [1.82, 2.24) is 9.80 Å². The fraction of sp³-hybridized carbons (Fsp3) is 0.462. The van der Waals surface area contributed by atoms with E-state index in [9.17, 15) is 27.9 Å². The Hall–Kier alpha value is -2.95. The van der Waals surface area contributed by atoms with Gasteiger partial charge in [0.15, 0.2) is 0 Å². The summed E-state index contributed by atoms with van der Waals surface area (Å²) in [5.74, 6) is -1.05. The molecule has 5 rings (SSSR count). The highest BCUT2D eigenvalue weighted by Crippen LogP contribution is 2.41. The Kier molecular flexibility index (Phi) is 6.76. The van der Waals surface area contributed by atoms with Crippen molar-refractivity contribution in [1.29, 1.82) is 0 Å². The number of aliphatic hydroxyl groups excluding tert-OH is 1. The number of ether oxygens (including phenoxy) is 2. The van der Waals surface area contributed by atoms with Gasteiger partial charge in [-0.3, -0.25) is 4.90 Å². The van der Waals surface area contributed by atoms with Crippen molar-refractivity contribution in [3.8, 4) is 0 Å². The Bertz CT molecular complexity index is 1170. The highest BCUT2D eigenvalue weighted by atomic mass is 19.4. The number of carbonyl (C=O) groups excluding carboxylic acids is 2. The highest BCUT2D eigenvalue weighted by molar-refractivity contribution is 5.94. The molecule has 0 bridgehead atoms. The number of piperazine rings is 1. The number of hydrogen-bond donors (Lipinski definition) is 1. The second-order valence-corrected chi connectivity index (χ2v) is 9.42. The average molecular weight is 505 g/mol. The predicted octanol–water partition coefficient (Wildman–Crippen LogP) is 2.98. The number of cyclic esters (lactones) is 2. The summed E-state index contributed by atoms with van der Waals surface area (Å²) in [5, 5.41) is 10.7. The highest BCUT2D eigenvalue weighted by Gasteiger charge is 2.42. The van der Waals surface area contributed by atoms with Gasteiger partial charge >= 0.3 is 18.1 Å². The third kappa shape index (κ3) is 4.98. The zero-order valence-corrected chi connectivity index (χ0v) is 19.6. The van der Waals surface area contributed by atoms with Gasteiger partial charge in [0.2, 0.25) is 0 Å². The lowest BCUT2D eigenvalue weighted by Gasteiger charge is -2.36. The van der Waals surface area contributed by atoms with E-state index in [0.29, 0.717) is 25.3 Å². The molecule has 10 heteroatoms. The molecule has 192 valence electrons. The quantitative estimate of drug-likeness (QED) is 0.606. The molecule has 2 aromatic rings. The van der Waals surface area contributed by atoms with Gasteiger partial charge in [-0.25, -0.2) is 9.59 Å². The zero-order valence-electron chi connectivity index (χ0n) is 19.6. The van der Waals surface area contributed by atoms with Crippen LogP contribution >= 0.6 is 0 Å². The van der Waals surface area contributed by atoms with Crippen molar-refractivity contribution in [2.45, 2.75) is 31.7 Å². The van der Waals surface area contributed by atoms with Crippen LogP contribution in [0, 0.1) is 0 Å². The summed E-state index contributed by atoms with van der Waals surface area (Å²) >= 11 is 0. The largest absolute Gasteiger partial charge is 0.462 e. The minimum atomic E-state index is -4.70. The molecule has 1 fully saturated rings. The van der Waals surface area contributed by atoms with Crippen LogP contribution in [0.3, 0.4) is 0 Å². The van der Waals surface area contributed by atoms with E-state index < -0.39 is 30.4 Å². The molecule has 36 heavy (non-hydrogen) atoms. The molecule has 7 nitrogen and oxygen atoms in total. The minimum Gasteiger partial charge on any atom is -0.462 e. The summed E-state index contributed by atoms with van der Waals surface area (Å²) in [6, 6.07) is 8.33. The van der Waals surface area contributed by atoms with Crippen molar-refractivity contribution < 1.29 is 37.3 Å². The molecule has 1 atom stereocenters. The van der Waals surface area contributed by atoms with E-state index >= 15 is 0 Å². The normalized spacial score (nSPS) is 19.4. The van der Waals surface area contributed by atoms with E-state index in [4.69, 9.17) is 9.47 Å². The summed E-state index contributed by atoms with van der Waals surface area (Å²) in [6.07, 6.45) is -4.49. The van der Waals surface area contributed by atoms with Crippen molar-refractivity contribution in [2.75, 3.05) is 45.9 Å². The van der Waals surface area contributed by atoms with Crippen molar-refractivity contribution in [3.05, 3.63) is 69.3 Å². The Labute approximate surface area is 206 Å². The standard InChI is InChI=1S/C26H27F3N2O5/c27-26(28,29)23-20(4-3-19-21(23)15-36-25(19)34)22(32)14-31-10-8-30(9-11-31)7-5-16-1-2-18-17(13-16)6-12-35-24(18)33/h1-4,13,22,32H,5-12,14-15H2. The first-order chi connectivity index (χ1) is 17.2. The summed E-state index contributed by atoms with van der Waals surface area (Å²) < 4.78 is 51.4. The van der Waals surface area contributed by atoms with Crippen LogP contribution in [0.5, 0.6) is 0 Å². The van der Waals surface area contributed by atoms with Gasteiger partial charge < -0.3 is 19.5 Å². The number of carbonyl (C=O) groups is 2. The van der Waals surface area contributed by atoms with E-state index in [1.165, 1.54) is 12.1 Å². The van der Waals surface area contributed by atoms with E-state index in [0.717, 1.165) is 43.6 Å². The SMILES string of the molecule is O=C1OCCc2cc(CCN3CCN(CC(O)c4ccc5c(c4C(F)(F)F)COC5=O)CC3)ccc21. The van der Waals surface area contributed by atoms with Gasteiger partial charge in [-0.15, -0.1) is 0 Å². The summed E-state index contributed by atoms with van der Waals surface area (Å²) in [5.41, 5.74) is 1.32. The molecule has 0 amide bonds. The van der Waals surface area contributed by atoms with Crippen LogP contribution < -0.4 is 0 Å². The van der Waals surface area contributed by atoms with Crippen LogP contribution in [-0.2, 0) is 35.1 Å². The monoisotopic (exact) mass is 504 g/mol. The van der Waals surface area contributed by atoms with Crippen LogP contribution in [0.25, 0.3) is 0 Å². The first kappa shape index (κ1) is 24.7. The molecule has 0 saturated carbocycles. The lowest BCUT2D eigenvalue weighted by Crippen LogP contribution is -2.48. The number of aliphatic hydroxyl groups is 1. The van der Waals surface area contributed by atoms with Gasteiger partial charge in [-0.1, -0.05) is 18.2 Å². The number of hydrogen-bond acceptors (Lipinski definition) is 7. The molecule has 3 aliphatic rings. The average Bonchev–Trinajstić information content (AvgIpc) is 3.23. The zero-order chi connectivity index (χ0) is 25.4. The van der Waals surface area contributed by atoms with Gasteiger partial charge in [0.05, 0.1) is 29.4 Å². The van der Waals surface area contributed by atoms with Crippen molar-refractivity contribution >= 4 is 11.9 Å². The Morgan fingerprint density at radius 1 is 0.944 bits per heavy atom. The van der Waals surface area contributed by atoms with Gasteiger partial charge in [0.1, 0.15) is 6.61 Å². The Morgan fingerprint density at radius 2 is 1.64 bits per heavy atom. The molecule has 0 aliphatic carbocycles. The second-order valence-electron chi connectivity index (χ2n) is 9.42. The molecule has 2 aromatic carbocycles. The number of benzene rings is 2. The van der Waals surface area contributed by atoms with E-state index in [1.54, 1.807) is 0 Å². The summed E-state index contributed by atoms with van der Waals surface area (Å²) in [4.78, 5) is 27.8. The van der Waals surface area contributed by atoms with Crippen LogP contribution in [0.2, 0.25) is 0 Å². The maximum atomic E-state index is 13.8. The lowest BCUT2D eigenvalue weighted by molar-refractivity contribution is -0.140. The molecule has 3 heterocycles. The van der Waals surface area contributed by atoms with Gasteiger partial charge in [0.25, 0.3) is 0 Å². The maximum Gasteiger partial charge on any atom is 0.417 e. The Morgan fingerprint density at radius 3 is 2.39 bits per heavy atom.